The van der Waals surface area contributed by atoms with Crippen LogP contribution in [0.25, 0.3) is 0 Å². The third-order valence-corrected chi connectivity index (χ3v) is 6.35. The molecule has 0 aromatic heterocycles. The highest BCUT2D eigenvalue weighted by Gasteiger charge is 2.28. The van der Waals surface area contributed by atoms with E-state index in [9.17, 15) is 9.18 Å². The van der Waals surface area contributed by atoms with Crippen molar-refractivity contribution in [1.82, 2.24) is 9.80 Å². The molecule has 30 heavy (non-hydrogen) atoms. The van der Waals surface area contributed by atoms with Gasteiger partial charge in [-0.25, -0.2) is 4.39 Å². The van der Waals surface area contributed by atoms with E-state index in [0.717, 1.165) is 45.3 Å². The minimum atomic E-state index is -0.504. The van der Waals surface area contributed by atoms with Crippen molar-refractivity contribution < 1.29 is 13.9 Å². The summed E-state index contributed by atoms with van der Waals surface area (Å²) in [6, 6.07) is 14.7. The first-order valence-electron chi connectivity index (χ1n) is 10.7. The van der Waals surface area contributed by atoms with Crippen LogP contribution in [0.1, 0.15) is 41.6 Å². The number of nitrogens with zero attached hydrogens (tertiary/aromatic N) is 2. The zero-order valence-corrected chi connectivity index (χ0v) is 17.9. The summed E-state index contributed by atoms with van der Waals surface area (Å²) in [5.41, 5.74) is 1.79. The van der Waals surface area contributed by atoms with Gasteiger partial charge in [0, 0.05) is 38.3 Å². The molecule has 0 bridgehead atoms. The van der Waals surface area contributed by atoms with Crippen LogP contribution in [0.5, 0.6) is 0 Å². The number of carbonyl (C=O) groups is 1. The zero-order chi connectivity index (χ0) is 20.9. The highest BCUT2D eigenvalue weighted by Crippen LogP contribution is 2.24. The third kappa shape index (κ3) is 5.39. The van der Waals surface area contributed by atoms with Crippen LogP contribution in [0.2, 0.25) is 5.02 Å². The van der Waals surface area contributed by atoms with E-state index in [0.29, 0.717) is 24.8 Å². The first-order valence-corrected chi connectivity index (χ1v) is 11.1. The quantitative estimate of drug-likeness (QED) is 0.685. The molecule has 0 saturated carbocycles. The number of benzene rings is 2. The molecule has 6 heteroatoms. The van der Waals surface area contributed by atoms with E-state index in [2.05, 4.69) is 35.2 Å². The van der Waals surface area contributed by atoms with Gasteiger partial charge in [-0.15, -0.1) is 0 Å². The maximum atomic E-state index is 13.3. The second kappa shape index (κ2) is 9.90. The number of piperidine rings is 2. The van der Waals surface area contributed by atoms with E-state index in [4.69, 9.17) is 16.3 Å². The zero-order valence-electron chi connectivity index (χ0n) is 17.1. The molecule has 2 aliphatic rings. The van der Waals surface area contributed by atoms with Crippen molar-refractivity contribution in [1.29, 1.82) is 0 Å². The Kier molecular flexibility index (Phi) is 7.03. The first kappa shape index (κ1) is 21.3. The van der Waals surface area contributed by atoms with Crippen LogP contribution in [-0.4, -0.2) is 54.1 Å². The molecule has 1 amide bonds. The molecule has 4 nitrogen and oxygen atoms in total. The molecule has 0 aliphatic carbocycles. The number of hydrogen-bond donors (Lipinski definition) is 0. The van der Waals surface area contributed by atoms with E-state index >= 15 is 0 Å². The summed E-state index contributed by atoms with van der Waals surface area (Å²) in [4.78, 5) is 16.9. The van der Waals surface area contributed by atoms with Crippen molar-refractivity contribution in [3.05, 3.63) is 70.5 Å². The smallest absolute Gasteiger partial charge is 0.253 e. The third-order valence-electron chi connectivity index (χ3n) is 6.06. The van der Waals surface area contributed by atoms with Crippen LogP contribution in [0, 0.1) is 5.82 Å². The SMILES string of the molecule is O=C(c1ccc(F)c(Cl)c1)N1CCC(OC2CCN(Cc3ccccc3)CC2)CC1. The van der Waals surface area contributed by atoms with E-state index in [-0.39, 0.29) is 17.0 Å². The van der Waals surface area contributed by atoms with Crippen molar-refractivity contribution in [3.8, 4) is 0 Å². The Balaban J connectivity index is 1.20. The second-order valence-electron chi connectivity index (χ2n) is 8.22. The Hall–Kier alpha value is -1.95. The monoisotopic (exact) mass is 430 g/mol. The molecule has 0 N–H and O–H groups in total. The molecule has 160 valence electrons. The van der Waals surface area contributed by atoms with E-state index in [1.807, 2.05) is 4.90 Å². The number of rotatable bonds is 5. The number of likely N-dealkylation sites (tertiary alicyclic amines) is 2. The fourth-order valence-electron chi connectivity index (χ4n) is 4.32. The molecule has 0 unspecified atom stereocenters. The van der Waals surface area contributed by atoms with Crippen LogP contribution in [0.4, 0.5) is 4.39 Å². The largest absolute Gasteiger partial charge is 0.375 e. The van der Waals surface area contributed by atoms with Crippen LogP contribution >= 0.6 is 11.6 Å². The predicted octanol–water partition coefficient (Wildman–Crippen LogP) is 4.76. The fraction of sp³-hybridized carbons (Fsp3) is 0.458. The lowest BCUT2D eigenvalue weighted by atomic mass is 10.0. The molecule has 2 saturated heterocycles. The summed E-state index contributed by atoms with van der Waals surface area (Å²) < 4.78 is 19.7. The Morgan fingerprint density at radius 3 is 2.23 bits per heavy atom. The van der Waals surface area contributed by atoms with E-state index in [1.165, 1.54) is 23.8 Å². The van der Waals surface area contributed by atoms with Crippen LogP contribution in [0.15, 0.2) is 48.5 Å². The molecule has 2 aromatic rings. The van der Waals surface area contributed by atoms with Gasteiger partial charge < -0.3 is 9.64 Å². The van der Waals surface area contributed by atoms with Crippen molar-refractivity contribution in [2.24, 2.45) is 0 Å². The molecule has 0 radical (unpaired) electrons. The Morgan fingerprint density at radius 2 is 1.60 bits per heavy atom. The molecule has 0 spiro atoms. The summed E-state index contributed by atoms with van der Waals surface area (Å²) in [7, 11) is 0. The predicted molar refractivity (Wildman–Crippen MR) is 116 cm³/mol. The summed E-state index contributed by atoms with van der Waals surface area (Å²) in [6.07, 6.45) is 4.30. The van der Waals surface area contributed by atoms with Gasteiger partial charge in [0.15, 0.2) is 0 Å². The minimum Gasteiger partial charge on any atom is -0.375 e. The minimum absolute atomic E-state index is 0.0160. The van der Waals surface area contributed by atoms with Gasteiger partial charge in [0.2, 0.25) is 0 Å². The van der Waals surface area contributed by atoms with Crippen LogP contribution in [0.3, 0.4) is 0 Å². The van der Waals surface area contributed by atoms with Crippen molar-refractivity contribution in [2.45, 2.75) is 44.4 Å². The highest BCUT2D eigenvalue weighted by atomic mass is 35.5. The van der Waals surface area contributed by atoms with E-state index < -0.39 is 5.82 Å². The number of hydrogen-bond acceptors (Lipinski definition) is 3. The maximum Gasteiger partial charge on any atom is 0.253 e. The van der Waals surface area contributed by atoms with Crippen molar-refractivity contribution in [2.75, 3.05) is 26.2 Å². The summed E-state index contributed by atoms with van der Waals surface area (Å²) in [5.74, 6) is -0.597. The summed E-state index contributed by atoms with van der Waals surface area (Å²) in [5, 5.41) is -0.0160. The fourth-order valence-corrected chi connectivity index (χ4v) is 4.50. The van der Waals surface area contributed by atoms with Gasteiger partial charge in [-0.2, -0.15) is 0 Å². The molecule has 2 aliphatic heterocycles. The van der Waals surface area contributed by atoms with Gasteiger partial charge in [0.1, 0.15) is 5.82 Å². The van der Waals surface area contributed by atoms with Gasteiger partial charge in [0.05, 0.1) is 17.2 Å². The number of ether oxygens (including phenoxy) is 1. The van der Waals surface area contributed by atoms with Gasteiger partial charge >= 0.3 is 0 Å². The van der Waals surface area contributed by atoms with Crippen LogP contribution < -0.4 is 0 Å². The molecular formula is C24H28ClFN2O2. The van der Waals surface area contributed by atoms with Crippen molar-refractivity contribution >= 4 is 17.5 Å². The highest BCUT2D eigenvalue weighted by molar-refractivity contribution is 6.31. The molecule has 0 atom stereocenters. The molecule has 4 rings (SSSR count). The summed E-state index contributed by atoms with van der Waals surface area (Å²) >= 11 is 5.81. The average molecular weight is 431 g/mol. The van der Waals surface area contributed by atoms with Gasteiger partial charge in [-0.1, -0.05) is 41.9 Å². The Labute approximate surface area is 182 Å². The van der Waals surface area contributed by atoms with Crippen molar-refractivity contribution in [3.63, 3.8) is 0 Å². The lowest BCUT2D eigenvalue weighted by Gasteiger charge is -2.37. The molecule has 2 aromatic carbocycles. The standard InChI is InChI=1S/C24H28ClFN2O2/c25-22-16-19(6-7-23(22)26)24(29)28-14-10-21(11-15-28)30-20-8-12-27(13-9-20)17-18-4-2-1-3-5-18/h1-7,16,20-21H,8-15,17H2. The van der Waals surface area contributed by atoms with Crippen LogP contribution in [-0.2, 0) is 11.3 Å². The van der Waals surface area contributed by atoms with Gasteiger partial charge in [-0.3, -0.25) is 9.69 Å². The lowest BCUT2D eigenvalue weighted by molar-refractivity contribution is -0.0629. The number of carbonyl (C=O) groups excluding carboxylic acids is 1. The topological polar surface area (TPSA) is 32.8 Å². The molecule has 2 fully saturated rings. The Bertz CT molecular complexity index is 848. The van der Waals surface area contributed by atoms with Gasteiger partial charge in [-0.05, 0) is 49.4 Å². The molecule has 2 heterocycles. The second-order valence-corrected chi connectivity index (χ2v) is 8.62. The summed E-state index contributed by atoms with van der Waals surface area (Å²) in [6.45, 7) is 4.43. The van der Waals surface area contributed by atoms with Gasteiger partial charge in [0.25, 0.3) is 5.91 Å². The maximum absolute atomic E-state index is 13.3. The first-order chi connectivity index (χ1) is 14.6. The number of halogens is 2. The average Bonchev–Trinajstić information content (AvgIpc) is 2.78. The lowest BCUT2D eigenvalue weighted by Crippen LogP contribution is -2.43. The Morgan fingerprint density at radius 1 is 0.967 bits per heavy atom. The molecular weight excluding hydrogens is 403 g/mol. The number of amides is 1. The van der Waals surface area contributed by atoms with E-state index in [1.54, 1.807) is 0 Å². The normalized spacial score (nSPS) is 19.2.